The number of amides is 1. The second-order valence-electron chi connectivity index (χ2n) is 5.65. The van der Waals surface area contributed by atoms with Crippen molar-refractivity contribution in [2.75, 3.05) is 22.0 Å². The Labute approximate surface area is 149 Å². The maximum atomic E-state index is 12.3. The van der Waals surface area contributed by atoms with Gasteiger partial charge in [-0.05, 0) is 30.7 Å². The molecule has 26 heavy (non-hydrogen) atoms. The van der Waals surface area contributed by atoms with Crippen LogP contribution in [0.2, 0.25) is 0 Å². The van der Waals surface area contributed by atoms with Gasteiger partial charge in [-0.1, -0.05) is 18.2 Å². The Balaban J connectivity index is 1.75. The largest absolute Gasteiger partial charge is 0.294 e. The number of carbonyl (C=O) groups is 1. The third-order valence-corrected chi connectivity index (χ3v) is 5.78. The first-order valence-corrected chi connectivity index (χ1v) is 9.40. The number of hydrogen-bond donors (Lipinski definition) is 2. The lowest BCUT2D eigenvalue weighted by atomic mass is 10.2. The van der Waals surface area contributed by atoms with Gasteiger partial charge in [0.05, 0.1) is 16.4 Å². The van der Waals surface area contributed by atoms with Gasteiger partial charge in [-0.15, -0.1) is 0 Å². The highest BCUT2D eigenvalue weighted by Crippen LogP contribution is 2.25. The second kappa shape index (κ2) is 7.00. The van der Waals surface area contributed by atoms with Crippen LogP contribution < -0.4 is 15.2 Å². The summed E-state index contributed by atoms with van der Waals surface area (Å²) in [5.74, 6) is -0.454. The Bertz CT molecular complexity index is 961. The van der Waals surface area contributed by atoms with Gasteiger partial charge in [-0.25, -0.2) is 8.42 Å². The molecule has 2 aromatic rings. The molecule has 1 amide bonds. The lowest BCUT2D eigenvalue weighted by Crippen LogP contribution is -2.30. The molecule has 0 saturated carbocycles. The average Bonchev–Trinajstić information content (AvgIpc) is 2.99. The summed E-state index contributed by atoms with van der Waals surface area (Å²) in [7, 11) is -3.34. The number of nitrogens with zero attached hydrogens (tertiary/aromatic N) is 2. The summed E-state index contributed by atoms with van der Waals surface area (Å²) < 4.78 is 25.3. The van der Waals surface area contributed by atoms with Crippen molar-refractivity contribution in [3.63, 3.8) is 0 Å². The summed E-state index contributed by atoms with van der Waals surface area (Å²) >= 11 is 0. The molecule has 1 fully saturated rings. The molecule has 2 N–H and O–H groups in total. The molecule has 2 aromatic carbocycles. The van der Waals surface area contributed by atoms with Crippen LogP contribution in [0.1, 0.15) is 16.8 Å². The molecule has 1 aliphatic heterocycles. The van der Waals surface area contributed by atoms with Crippen LogP contribution in [-0.4, -0.2) is 31.5 Å². The van der Waals surface area contributed by atoms with Crippen molar-refractivity contribution in [2.45, 2.75) is 6.42 Å². The van der Waals surface area contributed by atoms with Gasteiger partial charge in [0, 0.05) is 18.2 Å². The Morgan fingerprint density at radius 2 is 1.92 bits per heavy atom. The number of nitro groups is 1. The minimum Gasteiger partial charge on any atom is -0.292 e. The summed E-state index contributed by atoms with van der Waals surface area (Å²) in [5.41, 5.74) is 5.53. The van der Waals surface area contributed by atoms with Crippen molar-refractivity contribution in [3.8, 4) is 0 Å². The lowest BCUT2D eigenvalue weighted by molar-refractivity contribution is -0.384. The first-order valence-electron chi connectivity index (χ1n) is 7.79. The molecule has 0 bridgehead atoms. The molecule has 0 atom stereocenters. The molecule has 0 unspecified atom stereocenters. The summed E-state index contributed by atoms with van der Waals surface area (Å²) in [5, 5.41) is 11.0. The van der Waals surface area contributed by atoms with Crippen LogP contribution in [0.25, 0.3) is 0 Å². The maximum absolute atomic E-state index is 12.3. The van der Waals surface area contributed by atoms with Crippen LogP contribution in [-0.2, 0) is 10.0 Å². The monoisotopic (exact) mass is 376 g/mol. The van der Waals surface area contributed by atoms with E-state index in [1.807, 2.05) is 0 Å². The van der Waals surface area contributed by atoms with Crippen LogP contribution in [0.15, 0.2) is 48.5 Å². The van der Waals surface area contributed by atoms with E-state index in [1.54, 1.807) is 18.2 Å². The van der Waals surface area contributed by atoms with E-state index in [1.165, 1.54) is 34.6 Å². The zero-order chi connectivity index (χ0) is 18.7. The van der Waals surface area contributed by atoms with Crippen LogP contribution >= 0.6 is 0 Å². The van der Waals surface area contributed by atoms with E-state index in [0.717, 1.165) is 0 Å². The number of anilines is 2. The number of carbonyl (C=O) groups excluding carboxylic acids is 1. The predicted octanol–water partition coefficient (Wildman–Crippen LogP) is 1.89. The van der Waals surface area contributed by atoms with Crippen molar-refractivity contribution in [2.24, 2.45) is 0 Å². The van der Waals surface area contributed by atoms with Gasteiger partial charge in [-0.3, -0.25) is 30.1 Å². The van der Waals surface area contributed by atoms with Crippen molar-refractivity contribution in [3.05, 3.63) is 64.2 Å². The number of rotatable bonds is 5. The number of sulfonamides is 1. The van der Waals surface area contributed by atoms with Crippen LogP contribution in [0.3, 0.4) is 0 Å². The summed E-state index contributed by atoms with van der Waals surface area (Å²) in [6, 6.07) is 12.1. The third-order valence-electron chi connectivity index (χ3n) is 3.91. The molecule has 0 spiro atoms. The van der Waals surface area contributed by atoms with E-state index in [4.69, 9.17) is 0 Å². The minimum atomic E-state index is -3.34. The van der Waals surface area contributed by atoms with E-state index in [-0.39, 0.29) is 22.7 Å². The Morgan fingerprint density at radius 1 is 1.15 bits per heavy atom. The first kappa shape index (κ1) is 17.7. The number of nitro benzene ring substituents is 1. The Morgan fingerprint density at radius 3 is 2.62 bits per heavy atom. The SMILES string of the molecule is O=C(NNc1ccccc1[N+](=O)[O-])c1cccc(N2CCCS2(=O)=O)c1. The fourth-order valence-electron chi connectivity index (χ4n) is 2.67. The van der Waals surface area contributed by atoms with Crippen molar-refractivity contribution < 1.29 is 18.1 Å². The third kappa shape index (κ3) is 3.59. The van der Waals surface area contributed by atoms with Crippen molar-refractivity contribution in [1.82, 2.24) is 5.43 Å². The molecule has 3 rings (SSSR count). The fraction of sp³-hybridized carbons (Fsp3) is 0.188. The molecule has 1 saturated heterocycles. The normalized spacial score (nSPS) is 15.5. The molecule has 136 valence electrons. The summed E-state index contributed by atoms with van der Waals surface area (Å²) in [6.45, 7) is 0.377. The van der Waals surface area contributed by atoms with E-state index >= 15 is 0 Å². The zero-order valence-corrected chi connectivity index (χ0v) is 14.4. The van der Waals surface area contributed by atoms with Crippen LogP contribution in [0.5, 0.6) is 0 Å². The Kier molecular flexibility index (Phi) is 4.76. The Hall–Kier alpha value is -3.14. The molecule has 10 heteroatoms. The molecule has 0 aliphatic carbocycles. The number of hydrogen-bond acceptors (Lipinski definition) is 6. The van der Waals surface area contributed by atoms with Crippen LogP contribution in [0, 0.1) is 10.1 Å². The molecule has 9 nitrogen and oxygen atoms in total. The van der Waals surface area contributed by atoms with E-state index in [2.05, 4.69) is 10.9 Å². The van der Waals surface area contributed by atoms with Gasteiger partial charge in [0.25, 0.3) is 11.6 Å². The van der Waals surface area contributed by atoms with E-state index < -0.39 is 20.9 Å². The standard InChI is InChI=1S/C16H16N4O5S/c21-16(18-17-14-7-1-2-8-15(14)20(22)23)12-5-3-6-13(11-12)19-9-4-10-26(19,24)25/h1-3,5-8,11,17H,4,9-10H2,(H,18,21). The van der Waals surface area contributed by atoms with Gasteiger partial charge in [0.15, 0.2) is 0 Å². The molecular formula is C16H16N4O5S. The zero-order valence-electron chi connectivity index (χ0n) is 13.6. The van der Waals surface area contributed by atoms with E-state index in [9.17, 15) is 23.3 Å². The highest BCUT2D eigenvalue weighted by Gasteiger charge is 2.28. The minimum absolute atomic E-state index is 0.0860. The number of hydrazine groups is 1. The van der Waals surface area contributed by atoms with Crippen molar-refractivity contribution >= 4 is 33.0 Å². The maximum Gasteiger partial charge on any atom is 0.294 e. The summed E-state index contributed by atoms with van der Waals surface area (Å²) in [6.07, 6.45) is 0.540. The topological polar surface area (TPSA) is 122 Å². The van der Waals surface area contributed by atoms with E-state index in [0.29, 0.717) is 18.7 Å². The highest BCUT2D eigenvalue weighted by atomic mass is 32.2. The molecule has 0 aromatic heterocycles. The van der Waals surface area contributed by atoms with Gasteiger partial charge in [-0.2, -0.15) is 0 Å². The molecule has 1 heterocycles. The van der Waals surface area contributed by atoms with Crippen LogP contribution in [0.4, 0.5) is 17.1 Å². The number of para-hydroxylation sites is 2. The molecular weight excluding hydrogens is 360 g/mol. The number of benzene rings is 2. The van der Waals surface area contributed by atoms with Crippen molar-refractivity contribution in [1.29, 1.82) is 0 Å². The fourth-order valence-corrected chi connectivity index (χ4v) is 4.22. The van der Waals surface area contributed by atoms with Gasteiger partial charge in [0.1, 0.15) is 5.69 Å². The highest BCUT2D eigenvalue weighted by molar-refractivity contribution is 7.93. The lowest BCUT2D eigenvalue weighted by Gasteiger charge is -2.17. The second-order valence-corrected chi connectivity index (χ2v) is 7.66. The smallest absolute Gasteiger partial charge is 0.292 e. The first-order chi connectivity index (χ1) is 12.4. The predicted molar refractivity (Wildman–Crippen MR) is 96.4 cm³/mol. The number of nitrogens with one attached hydrogen (secondary N) is 2. The van der Waals surface area contributed by atoms with Gasteiger partial charge in [0.2, 0.25) is 10.0 Å². The summed E-state index contributed by atoms with van der Waals surface area (Å²) in [4.78, 5) is 22.7. The van der Waals surface area contributed by atoms with Gasteiger partial charge < -0.3 is 0 Å². The molecule has 0 radical (unpaired) electrons. The van der Waals surface area contributed by atoms with Gasteiger partial charge >= 0.3 is 0 Å². The molecule has 1 aliphatic rings. The average molecular weight is 376 g/mol. The quantitative estimate of drug-likeness (QED) is 0.607.